The fraction of sp³-hybridized carbons (Fsp3) is 0.417. The van der Waals surface area contributed by atoms with Gasteiger partial charge in [-0.1, -0.05) is 15.9 Å². The van der Waals surface area contributed by atoms with Crippen molar-refractivity contribution in [3.05, 3.63) is 33.5 Å². The molecule has 0 amide bonds. The van der Waals surface area contributed by atoms with Crippen LogP contribution in [0.1, 0.15) is 17.5 Å². The van der Waals surface area contributed by atoms with Crippen molar-refractivity contribution in [1.82, 2.24) is 0 Å². The van der Waals surface area contributed by atoms with E-state index in [0.717, 1.165) is 15.6 Å². The molecular weight excluding hydrogens is 275 g/mol. The average molecular weight is 287 g/mol. The van der Waals surface area contributed by atoms with Crippen LogP contribution in [0.5, 0.6) is 0 Å². The Balaban J connectivity index is 2.33. The molecule has 0 heterocycles. The summed E-state index contributed by atoms with van der Waals surface area (Å²) in [5.74, 6) is -0.529. The van der Waals surface area contributed by atoms with Crippen LogP contribution in [0, 0.1) is 11.7 Å². The molecule has 0 aliphatic heterocycles. The number of ether oxygens (including phenoxy) is 1. The number of methoxy groups -OCH3 is 1. The van der Waals surface area contributed by atoms with E-state index < -0.39 is 0 Å². The topological polar surface area (TPSA) is 26.3 Å². The van der Waals surface area contributed by atoms with Gasteiger partial charge in [0.1, 0.15) is 5.82 Å². The van der Waals surface area contributed by atoms with Gasteiger partial charge in [0.2, 0.25) is 0 Å². The van der Waals surface area contributed by atoms with Gasteiger partial charge in [0.15, 0.2) is 0 Å². The van der Waals surface area contributed by atoms with Crippen LogP contribution in [0.4, 0.5) is 4.39 Å². The lowest BCUT2D eigenvalue weighted by molar-refractivity contribution is -0.145. The molecule has 0 spiro atoms. The Labute approximate surface area is 102 Å². The molecule has 0 saturated carbocycles. The number of halogens is 2. The maximum atomic E-state index is 13.5. The maximum Gasteiger partial charge on any atom is 0.309 e. The molecule has 0 bridgehead atoms. The second kappa shape index (κ2) is 4.53. The quantitative estimate of drug-likeness (QED) is 0.742. The van der Waals surface area contributed by atoms with Gasteiger partial charge in [-0.05, 0) is 42.5 Å². The van der Waals surface area contributed by atoms with Crippen LogP contribution in [-0.2, 0) is 22.4 Å². The van der Waals surface area contributed by atoms with E-state index in [1.165, 1.54) is 13.2 Å². The van der Waals surface area contributed by atoms with Gasteiger partial charge >= 0.3 is 5.97 Å². The Morgan fingerprint density at radius 2 is 2.25 bits per heavy atom. The van der Waals surface area contributed by atoms with E-state index in [4.69, 9.17) is 4.74 Å². The third-order valence-electron chi connectivity index (χ3n) is 3.04. The van der Waals surface area contributed by atoms with Gasteiger partial charge < -0.3 is 4.74 Å². The summed E-state index contributed by atoms with van der Waals surface area (Å²) < 4.78 is 19.1. The van der Waals surface area contributed by atoms with Gasteiger partial charge in [-0.15, -0.1) is 0 Å². The molecule has 1 atom stereocenters. The minimum absolute atomic E-state index is 0.143. The van der Waals surface area contributed by atoms with Crippen molar-refractivity contribution in [3.63, 3.8) is 0 Å². The number of benzene rings is 1. The molecule has 2 nitrogen and oxygen atoms in total. The molecule has 1 aliphatic rings. The Hall–Kier alpha value is -0.900. The van der Waals surface area contributed by atoms with E-state index in [0.29, 0.717) is 19.3 Å². The zero-order chi connectivity index (χ0) is 11.7. The predicted molar refractivity (Wildman–Crippen MR) is 61.6 cm³/mol. The highest BCUT2D eigenvalue weighted by molar-refractivity contribution is 9.10. The molecule has 0 aromatic heterocycles. The molecule has 2 rings (SSSR count). The first kappa shape index (κ1) is 11.6. The number of esters is 1. The lowest BCUT2D eigenvalue weighted by atomic mass is 9.84. The summed E-state index contributed by atoms with van der Waals surface area (Å²) in [6.07, 6.45) is 1.81. The number of carbonyl (C=O) groups is 1. The molecular formula is C12H12BrFO2. The smallest absolute Gasteiger partial charge is 0.309 e. The molecule has 86 valence electrons. The van der Waals surface area contributed by atoms with Crippen molar-refractivity contribution in [2.75, 3.05) is 7.11 Å². The zero-order valence-corrected chi connectivity index (χ0v) is 10.5. The summed E-state index contributed by atoms with van der Waals surface area (Å²) in [6, 6.07) is 3.15. The summed E-state index contributed by atoms with van der Waals surface area (Å²) in [5, 5.41) is 0. The monoisotopic (exact) mass is 286 g/mol. The number of rotatable bonds is 1. The number of hydrogen-bond acceptors (Lipinski definition) is 2. The second-order valence-electron chi connectivity index (χ2n) is 3.95. The van der Waals surface area contributed by atoms with E-state index in [1.807, 2.05) is 0 Å². The molecule has 0 saturated heterocycles. The molecule has 0 fully saturated rings. The van der Waals surface area contributed by atoms with Crippen LogP contribution in [-0.4, -0.2) is 13.1 Å². The lowest BCUT2D eigenvalue weighted by Crippen LogP contribution is -2.24. The summed E-state index contributed by atoms with van der Waals surface area (Å²) in [6.45, 7) is 0. The molecule has 1 unspecified atom stereocenters. The standard InChI is InChI=1S/C12H12BrFO2/c1-16-12(15)7-2-3-8-9(6-7)10(13)4-5-11(8)14/h4-5,7H,2-3,6H2,1H3. The highest BCUT2D eigenvalue weighted by atomic mass is 79.9. The first-order valence-corrected chi connectivity index (χ1v) is 5.96. The molecule has 0 radical (unpaired) electrons. The fourth-order valence-electron chi connectivity index (χ4n) is 2.16. The highest BCUT2D eigenvalue weighted by Gasteiger charge is 2.28. The molecule has 0 N–H and O–H groups in total. The molecule has 4 heteroatoms. The van der Waals surface area contributed by atoms with Crippen LogP contribution in [0.2, 0.25) is 0 Å². The predicted octanol–water partition coefficient (Wildman–Crippen LogP) is 2.87. The minimum Gasteiger partial charge on any atom is -0.469 e. The Bertz CT molecular complexity index is 431. The summed E-state index contributed by atoms with van der Waals surface area (Å²) in [4.78, 5) is 11.4. The van der Waals surface area contributed by atoms with E-state index in [2.05, 4.69) is 15.9 Å². The summed E-state index contributed by atoms with van der Waals surface area (Å²) in [5.41, 5.74) is 1.64. The zero-order valence-electron chi connectivity index (χ0n) is 8.93. The van der Waals surface area contributed by atoms with Crippen molar-refractivity contribution in [3.8, 4) is 0 Å². The maximum absolute atomic E-state index is 13.5. The molecule has 1 aliphatic carbocycles. The third kappa shape index (κ3) is 1.98. The van der Waals surface area contributed by atoms with E-state index >= 15 is 0 Å². The molecule has 16 heavy (non-hydrogen) atoms. The number of hydrogen-bond donors (Lipinski definition) is 0. The Kier molecular flexibility index (Phi) is 3.28. The van der Waals surface area contributed by atoms with E-state index in [9.17, 15) is 9.18 Å². The number of fused-ring (bicyclic) bond motifs is 1. The van der Waals surface area contributed by atoms with Gasteiger partial charge in [-0.2, -0.15) is 0 Å². The number of carbonyl (C=O) groups excluding carboxylic acids is 1. The van der Waals surface area contributed by atoms with Gasteiger partial charge in [0.05, 0.1) is 13.0 Å². The molecule has 1 aromatic carbocycles. The van der Waals surface area contributed by atoms with Crippen molar-refractivity contribution in [2.45, 2.75) is 19.3 Å². The van der Waals surface area contributed by atoms with Gasteiger partial charge in [0.25, 0.3) is 0 Å². The van der Waals surface area contributed by atoms with Crippen LogP contribution >= 0.6 is 15.9 Å². The van der Waals surface area contributed by atoms with Crippen LogP contribution < -0.4 is 0 Å². The lowest BCUT2D eigenvalue weighted by Gasteiger charge is -2.24. The third-order valence-corrected chi connectivity index (χ3v) is 3.79. The van der Waals surface area contributed by atoms with Gasteiger partial charge in [-0.3, -0.25) is 4.79 Å². The van der Waals surface area contributed by atoms with Crippen molar-refractivity contribution in [2.24, 2.45) is 5.92 Å². The average Bonchev–Trinajstić information content (AvgIpc) is 2.32. The Morgan fingerprint density at radius 3 is 2.94 bits per heavy atom. The largest absolute Gasteiger partial charge is 0.469 e. The van der Waals surface area contributed by atoms with E-state index in [-0.39, 0.29) is 17.7 Å². The first-order chi connectivity index (χ1) is 7.63. The van der Waals surface area contributed by atoms with Crippen LogP contribution in [0.25, 0.3) is 0 Å². The van der Waals surface area contributed by atoms with Crippen molar-refractivity contribution >= 4 is 21.9 Å². The summed E-state index contributed by atoms with van der Waals surface area (Å²) in [7, 11) is 1.39. The van der Waals surface area contributed by atoms with Crippen LogP contribution in [0.15, 0.2) is 16.6 Å². The fourth-order valence-corrected chi connectivity index (χ4v) is 2.70. The second-order valence-corrected chi connectivity index (χ2v) is 4.80. The Morgan fingerprint density at radius 1 is 1.50 bits per heavy atom. The first-order valence-electron chi connectivity index (χ1n) is 5.17. The normalized spacial score (nSPS) is 19.1. The summed E-state index contributed by atoms with van der Waals surface area (Å²) >= 11 is 3.40. The van der Waals surface area contributed by atoms with Gasteiger partial charge in [-0.25, -0.2) is 4.39 Å². The minimum atomic E-state index is -0.207. The van der Waals surface area contributed by atoms with Crippen molar-refractivity contribution < 1.29 is 13.9 Å². The van der Waals surface area contributed by atoms with E-state index in [1.54, 1.807) is 6.07 Å². The van der Waals surface area contributed by atoms with Crippen molar-refractivity contribution in [1.29, 1.82) is 0 Å². The van der Waals surface area contributed by atoms with Gasteiger partial charge in [0, 0.05) is 4.47 Å². The highest BCUT2D eigenvalue weighted by Crippen LogP contribution is 2.33. The SMILES string of the molecule is COC(=O)C1CCc2c(F)ccc(Br)c2C1. The molecule has 1 aromatic rings. The van der Waals surface area contributed by atoms with Crippen LogP contribution in [0.3, 0.4) is 0 Å².